The molecule has 0 unspecified atom stereocenters. The SMILES string of the molecule is COc1ccc(C/C(C)=N\NC(=O)COc2ccccc2C#N)cc1. The van der Waals surface area contributed by atoms with Gasteiger partial charge in [0.1, 0.15) is 17.6 Å². The molecule has 128 valence electrons. The smallest absolute Gasteiger partial charge is 0.277 e. The van der Waals surface area contributed by atoms with Gasteiger partial charge in [0, 0.05) is 12.1 Å². The number of nitrogens with zero attached hydrogens (tertiary/aromatic N) is 2. The Kier molecular flexibility index (Phi) is 6.55. The summed E-state index contributed by atoms with van der Waals surface area (Å²) >= 11 is 0. The number of nitriles is 1. The number of carbonyl (C=O) groups excluding carboxylic acids is 1. The van der Waals surface area contributed by atoms with Crippen LogP contribution in [0.4, 0.5) is 0 Å². The number of methoxy groups -OCH3 is 1. The van der Waals surface area contributed by atoms with Crippen molar-refractivity contribution < 1.29 is 14.3 Å². The molecule has 0 aliphatic heterocycles. The summed E-state index contributed by atoms with van der Waals surface area (Å²) in [5.41, 5.74) is 4.66. The maximum atomic E-state index is 11.8. The Balaban J connectivity index is 1.83. The monoisotopic (exact) mass is 337 g/mol. The molecule has 0 spiro atoms. The molecule has 0 atom stereocenters. The molecule has 0 bridgehead atoms. The minimum atomic E-state index is -0.387. The lowest BCUT2D eigenvalue weighted by atomic mass is 10.1. The van der Waals surface area contributed by atoms with Crippen LogP contribution in [-0.2, 0) is 11.2 Å². The second-order valence-electron chi connectivity index (χ2n) is 5.30. The normalized spacial score (nSPS) is 10.7. The molecule has 0 heterocycles. The van der Waals surface area contributed by atoms with Gasteiger partial charge in [-0.25, -0.2) is 5.43 Å². The van der Waals surface area contributed by atoms with Crippen molar-refractivity contribution in [2.45, 2.75) is 13.3 Å². The molecule has 0 aliphatic carbocycles. The highest BCUT2D eigenvalue weighted by Crippen LogP contribution is 2.16. The molecular formula is C19H19N3O3. The molecule has 2 aromatic carbocycles. The molecule has 0 saturated carbocycles. The molecule has 2 rings (SSSR count). The molecule has 1 N–H and O–H groups in total. The number of benzene rings is 2. The maximum absolute atomic E-state index is 11.8. The third-order valence-corrected chi connectivity index (χ3v) is 3.36. The third kappa shape index (κ3) is 5.66. The summed E-state index contributed by atoms with van der Waals surface area (Å²) in [6.45, 7) is 1.62. The average molecular weight is 337 g/mol. The number of amides is 1. The van der Waals surface area contributed by atoms with E-state index in [9.17, 15) is 4.79 Å². The van der Waals surface area contributed by atoms with Crippen molar-refractivity contribution in [2.24, 2.45) is 5.10 Å². The molecule has 1 amide bonds. The highest BCUT2D eigenvalue weighted by molar-refractivity contribution is 5.86. The van der Waals surface area contributed by atoms with Crippen LogP contribution in [0.15, 0.2) is 53.6 Å². The van der Waals surface area contributed by atoms with Crippen LogP contribution in [0.1, 0.15) is 18.1 Å². The molecule has 25 heavy (non-hydrogen) atoms. The van der Waals surface area contributed by atoms with E-state index in [2.05, 4.69) is 10.5 Å². The van der Waals surface area contributed by atoms with Gasteiger partial charge in [-0.15, -0.1) is 0 Å². The fourth-order valence-electron chi connectivity index (χ4n) is 2.10. The summed E-state index contributed by atoms with van der Waals surface area (Å²) in [7, 11) is 1.62. The Labute approximate surface area is 146 Å². The quantitative estimate of drug-likeness (QED) is 0.622. The Morgan fingerprint density at radius 1 is 1.20 bits per heavy atom. The molecule has 6 nitrogen and oxygen atoms in total. The van der Waals surface area contributed by atoms with Crippen molar-refractivity contribution in [1.29, 1.82) is 5.26 Å². The number of hydrogen-bond donors (Lipinski definition) is 1. The van der Waals surface area contributed by atoms with Crippen molar-refractivity contribution in [3.8, 4) is 17.6 Å². The molecular weight excluding hydrogens is 318 g/mol. The molecule has 0 saturated heterocycles. The topological polar surface area (TPSA) is 83.7 Å². The third-order valence-electron chi connectivity index (χ3n) is 3.36. The first-order valence-electron chi connectivity index (χ1n) is 7.69. The van der Waals surface area contributed by atoms with Crippen LogP contribution in [0.25, 0.3) is 0 Å². The zero-order valence-electron chi connectivity index (χ0n) is 14.2. The summed E-state index contributed by atoms with van der Waals surface area (Å²) in [6, 6.07) is 16.4. The molecule has 2 aromatic rings. The van der Waals surface area contributed by atoms with E-state index in [4.69, 9.17) is 14.7 Å². The van der Waals surface area contributed by atoms with Gasteiger partial charge in [-0.2, -0.15) is 10.4 Å². The van der Waals surface area contributed by atoms with Gasteiger partial charge in [-0.05, 0) is 36.8 Å². The van der Waals surface area contributed by atoms with Crippen LogP contribution in [0.2, 0.25) is 0 Å². The lowest BCUT2D eigenvalue weighted by Crippen LogP contribution is -2.25. The lowest BCUT2D eigenvalue weighted by molar-refractivity contribution is -0.123. The summed E-state index contributed by atoms with van der Waals surface area (Å²) in [6.07, 6.45) is 0.613. The van der Waals surface area contributed by atoms with E-state index in [1.165, 1.54) is 0 Å². The minimum absolute atomic E-state index is 0.210. The standard InChI is InChI=1S/C19H19N3O3/c1-14(11-15-7-9-17(24-2)10-8-15)21-22-19(23)13-25-18-6-4-3-5-16(18)12-20/h3-10H,11,13H2,1-2H3,(H,22,23)/b21-14-. The first kappa shape index (κ1) is 18.0. The van der Waals surface area contributed by atoms with E-state index in [-0.39, 0.29) is 12.5 Å². The van der Waals surface area contributed by atoms with Crippen LogP contribution in [-0.4, -0.2) is 25.3 Å². The Hall–Kier alpha value is -3.33. The van der Waals surface area contributed by atoms with Crippen LogP contribution < -0.4 is 14.9 Å². The van der Waals surface area contributed by atoms with E-state index in [0.29, 0.717) is 17.7 Å². The summed E-state index contributed by atoms with van der Waals surface area (Å²) in [4.78, 5) is 11.8. The van der Waals surface area contributed by atoms with Crippen molar-refractivity contribution in [3.05, 3.63) is 59.7 Å². The van der Waals surface area contributed by atoms with Gasteiger partial charge in [0.15, 0.2) is 6.61 Å². The fraction of sp³-hybridized carbons (Fsp3) is 0.211. The van der Waals surface area contributed by atoms with E-state index in [0.717, 1.165) is 17.0 Å². The number of carbonyl (C=O) groups is 1. The number of ether oxygens (including phenoxy) is 2. The second kappa shape index (κ2) is 9.08. The predicted octanol–water partition coefficient (Wildman–Crippen LogP) is 2.68. The fourth-order valence-corrected chi connectivity index (χ4v) is 2.10. The Morgan fingerprint density at radius 3 is 2.60 bits per heavy atom. The summed E-state index contributed by atoms with van der Waals surface area (Å²) < 4.78 is 10.5. The molecule has 0 radical (unpaired) electrons. The largest absolute Gasteiger partial charge is 0.497 e. The van der Waals surface area contributed by atoms with E-state index in [1.807, 2.05) is 37.3 Å². The number of nitrogens with one attached hydrogen (secondary N) is 1. The van der Waals surface area contributed by atoms with Gasteiger partial charge in [-0.3, -0.25) is 4.79 Å². The number of hydrogen-bond acceptors (Lipinski definition) is 5. The molecule has 0 fully saturated rings. The zero-order valence-corrected chi connectivity index (χ0v) is 14.2. The second-order valence-corrected chi connectivity index (χ2v) is 5.30. The number of hydrazone groups is 1. The van der Waals surface area contributed by atoms with E-state index in [1.54, 1.807) is 31.4 Å². The molecule has 0 aromatic heterocycles. The van der Waals surface area contributed by atoms with Crippen molar-refractivity contribution in [1.82, 2.24) is 5.43 Å². The minimum Gasteiger partial charge on any atom is -0.497 e. The maximum Gasteiger partial charge on any atom is 0.277 e. The molecule has 0 aliphatic rings. The number of para-hydroxylation sites is 1. The highest BCUT2D eigenvalue weighted by Gasteiger charge is 2.06. The first-order chi connectivity index (χ1) is 12.1. The number of rotatable bonds is 7. The van der Waals surface area contributed by atoms with Crippen LogP contribution in [0.5, 0.6) is 11.5 Å². The summed E-state index contributed by atoms with van der Waals surface area (Å²) in [5, 5.41) is 13.0. The van der Waals surface area contributed by atoms with Crippen molar-refractivity contribution in [2.75, 3.05) is 13.7 Å². The van der Waals surface area contributed by atoms with Gasteiger partial charge in [0.2, 0.25) is 0 Å². The van der Waals surface area contributed by atoms with Crippen LogP contribution in [0, 0.1) is 11.3 Å². The van der Waals surface area contributed by atoms with Crippen LogP contribution in [0.3, 0.4) is 0 Å². The van der Waals surface area contributed by atoms with Gasteiger partial charge < -0.3 is 9.47 Å². The van der Waals surface area contributed by atoms with Gasteiger partial charge in [-0.1, -0.05) is 24.3 Å². The first-order valence-corrected chi connectivity index (χ1v) is 7.69. The Morgan fingerprint density at radius 2 is 1.92 bits per heavy atom. The summed E-state index contributed by atoms with van der Waals surface area (Å²) in [5.74, 6) is 0.780. The lowest BCUT2D eigenvalue weighted by Gasteiger charge is -2.07. The van der Waals surface area contributed by atoms with Crippen LogP contribution >= 0.6 is 0 Å². The average Bonchev–Trinajstić information content (AvgIpc) is 2.65. The van der Waals surface area contributed by atoms with E-state index < -0.39 is 0 Å². The Bertz CT molecular complexity index is 792. The zero-order chi connectivity index (χ0) is 18.1. The van der Waals surface area contributed by atoms with Crippen molar-refractivity contribution >= 4 is 11.6 Å². The predicted molar refractivity (Wildman–Crippen MR) is 94.6 cm³/mol. The van der Waals surface area contributed by atoms with Gasteiger partial charge in [0.25, 0.3) is 5.91 Å². The van der Waals surface area contributed by atoms with Crippen molar-refractivity contribution in [3.63, 3.8) is 0 Å². The van der Waals surface area contributed by atoms with E-state index >= 15 is 0 Å². The highest BCUT2D eigenvalue weighted by atomic mass is 16.5. The van der Waals surface area contributed by atoms with Gasteiger partial charge in [0.05, 0.1) is 12.7 Å². The van der Waals surface area contributed by atoms with Gasteiger partial charge >= 0.3 is 0 Å². The molecule has 6 heteroatoms.